The summed E-state index contributed by atoms with van der Waals surface area (Å²) in [4.78, 5) is 29.0. The number of carbonyl (C=O) groups is 1. The van der Waals surface area contributed by atoms with Crippen molar-refractivity contribution in [3.63, 3.8) is 0 Å². The number of hydrogen-bond acceptors (Lipinski definition) is 5. The molecule has 178 valence electrons. The first kappa shape index (κ1) is 22.7. The lowest BCUT2D eigenvalue weighted by molar-refractivity contribution is 0.0971. The average molecular weight is 470 g/mol. The molecular formula is C29H27NO5. The van der Waals surface area contributed by atoms with Gasteiger partial charge in [-0.3, -0.25) is 14.5 Å². The second-order valence-electron chi connectivity index (χ2n) is 8.70. The summed E-state index contributed by atoms with van der Waals surface area (Å²) in [5, 5.41) is 0.446. The van der Waals surface area contributed by atoms with Gasteiger partial charge in [-0.05, 0) is 55.3 Å². The summed E-state index contributed by atoms with van der Waals surface area (Å²) in [7, 11) is 1.58. The number of hydrogen-bond donors (Lipinski definition) is 0. The lowest BCUT2D eigenvalue weighted by Gasteiger charge is -2.26. The number of aryl methyl sites for hydroxylation is 1. The molecule has 6 nitrogen and oxygen atoms in total. The smallest absolute Gasteiger partial charge is 0.295 e. The predicted molar refractivity (Wildman–Crippen MR) is 136 cm³/mol. The maximum atomic E-state index is 13.7. The van der Waals surface area contributed by atoms with Crippen LogP contribution in [0.2, 0.25) is 0 Å². The van der Waals surface area contributed by atoms with Gasteiger partial charge in [-0.1, -0.05) is 49.2 Å². The number of ether oxygens (including phenoxy) is 2. The SMILES string of the molecule is CCCCOc1ccc(C2c3c(oc4ccccc4c3=O)C(=O)N2c2ccc(C)cc2)cc1OC. The van der Waals surface area contributed by atoms with E-state index in [0.717, 1.165) is 24.0 Å². The van der Waals surface area contributed by atoms with Crippen LogP contribution in [0.5, 0.6) is 11.5 Å². The molecule has 1 unspecified atom stereocenters. The van der Waals surface area contributed by atoms with E-state index < -0.39 is 6.04 Å². The highest BCUT2D eigenvalue weighted by Gasteiger charge is 2.43. The van der Waals surface area contributed by atoms with Crippen LogP contribution in [0.3, 0.4) is 0 Å². The number of nitrogens with zero attached hydrogens (tertiary/aromatic N) is 1. The molecule has 0 fully saturated rings. The third-order valence-corrected chi connectivity index (χ3v) is 6.35. The van der Waals surface area contributed by atoms with Crippen LogP contribution < -0.4 is 19.8 Å². The molecule has 0 saturated heterocycles. The number of anilines is 1. The molecule has 0 bridgehead atoms. The van der Waals surface area contributed by atoms with E-state index in [-0.39, 0.29) is 17.1 Å². The molecule has 6 heteroatoms. The van der Waals surface area contributed by atoms with Gasteiger partial charge in [-0.15, -0.1) is 0 Å². The minimum absolute atomic E-state index is 0.0708. The Labute approximate surface area is 203 Å². The lowest BCUT2D eigenvalue weighted by atomic mass is 9.97. The molecule has 3 aromatic carbocycles. The van der Waals surface area contributed by atoms with Crippen molar-refractivity contribution in [2.24, 2.45) is 0 Å². The molecule has 0 spiro atoms. The quantitative estimate of drug-likeness (QED) is 0.309. The van der Waals surface area contributed by atoms with Gasteiger partial charge in [0.2, 0.25) is 5.76 Å². The lowest BCUT2D eigenvalue weighted by Crippen LogP contribution is -2.29. The van der Waals surface area contributed by atoms with E-state index in [2.05, 4.69) is 6.92 Å². The summed E-state index contributed by atoms with van der Waals surface area (Å²) in [6.07, 6.45) is 1.96. The summed E-state index contributed by atoms with van der Waals surface area (Å²) >= 11 is 0. The highest BCUT2D eigenvalue weighted by molar-refractivity contribution is 6.10. The normalized spacial score (nSPS) is 14.9. The van der Waals surface area contributed by atoms with E-state index in [0.29, 0.717) is 40.3 Å². The average Bonchev–Trinajstić information content (AvgIpc) is 3.17. The summed E-state index contributed by atoms with van der Waals surface area (Å²) in [6.45, 7) is 4.68. The van der Waals surface area contributed by atoms with Crippen molar-refractivity contribution >= 4 is 22.6 Å². The van der Waals surface area contributed by atoms with E-state index in [1.807, 2.05) is 49.4 Å². The van der Waals surface area contributed by atoms with Gasteiger partial charge >= 0.3 is 0 Å². The zero-order chi connectivity index (χ0) is 24.5. The van der Waals surface area contributed by atoms with Crippen LogP contribution in [0.4, 0.5) is 5.69 Å². The first-order valence-electron chi connectivity index (χ1n) is 11.8. The monoisotopic (exact) mass is 469 g/mol. The van der Waals surface area contributed by atoms with Crippen LogP contribution in [-0.2, 0) is 0 Å². The molecule has 1 aliphatic heterocycles. The number of fused-ring (bicyclic) bond motifs is 2. The van der Waals surface area contributed by atoms with Crippen LogP contribution in [0.15, 0.2) is 75.9 Å². The maximum Gasteiger partial charge on any atom is 0.295 e. The molecule has 35 heavy (non-hydrogen) atoms. The molecule has 0 saturated carbocycles. The summed E-state index contributed by atoms with van der Waals surface area (Å²) in [6, 6.07) is 19.6. The first-order chi connectivity index (χ1) is 17.0. The fraction of sp³-hybridized carbons (Fsp3) is 0.241. The first-order valence-corrected chi connectivity index (χ1v) is 11.8. The molecule has 2 heterocycles. The Morgan fingerprint density at radius 3 is 2.49 bits per heavy atom. The number of unbranched alkanes of at least 4 members (excludes halogenated alkanes) is 1. The van der Waals surface area contributed by atoms with Crippen LogP contribution >= 0.6 is 0 Å². The van der Waals surface area contributed by atoms with Gasteiger partial charge in [0, 0.05) is 5.69 Å². The molecule has 1 atom stereocenters. The Morgan fingerprint density at radius 2 is 1.74 bits per heavy atom. The van der Waals surface area contributed by atoms with Crippen molar-refractivity contribution in [1.82, 2.24) is 0 Å². The Hall–Kier alpha value is -4.06. The van der Waals surface area contributed by atoms with E-state index in [1.54, 1.807) is 36.3 Å². The minimum atomic E-state index is -0.667. The number of methoxy groups -OCH3 is 1. The van der Waals surface area contributed by atoms with Crippen molar-refractivity contribution in [2.45, 2.75) is 32.7 Å². The fourth-order valence-electron chi connectivity index (χ4n) is 4.51. The molecule has 5 rings (SSSR count). The Balaban J connectivity index is 1.70. The molecule has 1 amide bonds. The van der Waals surface area contributed by atoms with Crippen LogP contribution in [0, 0.1) is 6.92 Å². The number of rotatable bonds is 7. The van der Waals surface area contributed by atoms with Crippen molar-refractivity contribution in [2.75, 3.05) is 18.6 Å². The van der Waals surface area contributed by atoms with Crippen molar-refractivity contribution in [3.05, 3.63) is 99.4 Å². The van der Waals surface area contributed by atoms with E-state index in [1.165, 1.54) is 0 Å². The second kappa shape index (κ2) is 9.29. The molecular weight excluding hydrogens is 442 g/mol. The molecule has 1 aromatic heterocycles. The molecule has 0 radical (unpaired) electrons. The van der Waals surface area contributed by atoms with Gasteiger partial charge in [-0.2, -0.15) is 0 Å². The second-order valence-corrected chi connectivity index (χ2v) is 8.70. The molecule has 1 aliphatic rings. The zero-order valence-electron chi connectivity index (χ0n) is 20.0. The van der Waals surface area contributed by atoms with Crippen molar-refractivity contribution in [3.8, 4) is 11.5 Å². The molecule has 0 N–H and O–H groups in total. The summed E-state index contributed by atoms with van der Waals surface area (Å²) in [5.41, 5.74) is 3.01. The van der Waals surface area contributed by atoms with Gasteiger partial charge in [0.1, 0.15) is 5.58 Å². The topological polar surface area (TPSA) is 69.0 Å². The highest BCUT2D eigenvalue weighted by atomic mass is 16.5. The van der Waals surface area contributed by atoms with Crippen LogP contribution in [-0.4, -0.2) is 19.6 Å². The third kappa shape index (κ3) is 3.95. The van der Waals surface area contributed by atoms with Crippen molar-refractivity contribution in [1.29, 1.82) is 0 Å². The van der Waals surface area contributed by atoms with Gasteiger partial charge in [0.05, 0.1) is 30.7 Å². The zero-order valence-corrected chi connectivity index (χ0v) is 20.0. The maximum absolute atomic E-state index is 13.7. The summed E-state index contributed by atoms with van der Waals surface area (Å²) in [5.74, 6) is 0.899. The number of para-hydroxylation sites is 1. The van der Waals surface area contributed by atoms with Crippen molar-refractivity contribution < 1.29 is 18.7 Å². The Kier molecular flexibility index (Phi) is 6.03. The minimum Gasteiger partial charge on any atom is -0.493 e. The van der Waals surface area contributed by atoms with Gasteiger partial charge in [-0.25, -0.2) is 0 Å². The van der Waals surface area contributed by atoms with Gasteiger partial charge < -0.3 is 13.9 Å². The van der Waals surface area contributed by atoms with Crippen LogP contribution in [0.1, 0.15) is 53.1 Å². The standard InChI is InChI=1S/C29H27NO5/c1-4-5-16-34-23-15-12-19(17-24(23)33-3)26-25-27(31)21-8-6-7-9-22(21)35-28(25)29(32)30(26)20-13-10-18(2)11-14-20/h6-15,17,26H,4-5,16H2,1-3H3. The third-order valence-electron chi connectivity index (χ3n) is 6.35. The van der Waals surface area contributed by atoms with Gasteiger partial charge in [0.15, 0.2) is 16.9 Å². The Bertz CT molecular complexity index is 1450. The molecule has 0 aliphatic carbocycles. The van der Waals surface area contributed by atoms with E-state index in [9.17, 15) is 9.59 Å². The predicted octanol–water partition coefficient (Wildman–Crippen LogP) is 6.04. The summed E-state index contributed by atoms with van der Waals surface area (Å²) < 4.78 is 17.5. The number of carbonyl (C=O) groups excluding carboxylic acids is 1. The Morgan fingerprint density at radius 1 is 0.971 bits per heavy atom. The molecule has 4 aromatic rings. The van der Waals surface area contributed by atoms with Gasteiger partial charge in [0.25, 0.3) is 5.91 Å². The largest absolute Gasteiger partial charge is 0.493 e. The highest BCUT2D eigenvalue weighted by Crippen LogP contribution is 2.43. The fourth-order valence-corrected chi connectivity index (χ4v) is 4.51. The number of benzene rings is 3. The number of amides is 1. The van der Waals surface area contributed by atoms with Crippen LogP contribution in [0.25, 0.3) is 11.0 Å². The van der Waals surface area contributed by atoms with E-state index in [4.69, 9.17) is 13.9 Å². The van der Waals surface area contributed by atoms with E-state index >= 15 is 0 Å².